The fourth-order valence-corrected chi connectivity index (χ4v) is 5.58. The molecule has 0 N–H and O–H groups in total. The number of aromatic nitrogens is 1. The predicted octanol–water partition coefficient (Wildman–Crippen LogP) is 5.95. The van der Waals surface area contributed by atoms with Gasteiger partial charge >= 0.3 is 0 Å². The number of hydrogen-bond donors (Lipinski definition) is 0. The van der Waals surface area contributed by atoms with Crippen LogP contribution in [0.3, 0.4) is 0 Å². The second-order valence-corrected chi connectivity index (χ2v) is 10.8. The van der Waals surface area contributed by atoms with Crippen LogP contribution in [-0.2, 0) is 22.8 Å². The van der Waals surface area contributed by atoms with Crippen LogP contribution in [0, 0.1) is 17.7 Å². The number of amides is 1. The van der Waals surface area contributed by atoms with Crippen molar-refractivity contribution in [3.05, 3.63) is 101 Å². The summed E-state index contributed by atoms with van der Waals surface area (Å²) in [4.78, 5) is 27.6. The van der Waals surface area contributed by atoms with E-state index < -0.39 is 0 Å². The molecule has 3 heterocycles. The standard InChI is InChI=1S/C31H34ClFN4O2/c32-28-5-3-25(4-6-28)30(35-39-22-24-1-7-29(33)8-2-24)26-13-19-37(20-14-26)31(38)27-11-17-36(18-12-27)21-23-9-15-34-16-10-23/h1-10,15-16,26-27H,11-14,17-22H2/b35-30-. The Morgan fingerprint density at radius 3 is 2.18 bits per heavy atom. The largest absolute Gasteiger partial charge is 0.391 e. The molecule has 5 rings (SSSR count). The summed E-state index contributed by atoms with van der Waals surface area (Å²) < 4.78 is 13.2. The van der Waals surface area contributed by atoms with E-state index in [0.29, 0.717) is 18.1 Å². The average molecular weight is 549 g/mol. The number of benzene rings is 2. The minimum atomic E-state index is -0.277. The van der Waals surface area contributed by atoms with E-state index in [4.69, 9.17) is 16.4 Å². The molecule has 39 heavy (non-hydrogen) atoms. The highest BCUT2D eigenvalue weighted by Crippen LogP contribution is 2.27. The van der Waals surface area contributed by atoms with Crippen LogP contribution in [0.2, 0.25) is 5.02 Å². The van der Waals surface area contributed by atoms with Gasteiger partial charge in [-0.1, -0.05) is 41.0 Å². The van der Waals surface area contributed by atoms with Crippen LogP contribution in [0.4, 0.5) is 4.39 Å². The summed E-state index contributed by atoms with van der Waals surface area (Å²) in [6, 6.07) is 18.0. The van der Waals surface area contributed by atoms with E-state index in [2.05, 4.69) is 27.2 Å². The number of hydrogen-bond acceptors (Lipinski definition) is 5. The summed E-state index contributed by atoms with van der Waals surface area (Å²) in [5, 5.41) is 5.20. The fourth-order valence-electron chi connectivity index (χ4n) is 5.46. The maximum atomic E-state index is 13.4. The quantitative estimate of drug-likeness (QED) is 0.258. The molecule has 0 saturated carbocycles. The molecular weight excluding hydrogens is 515 g/mol. The van der Waals surface area contributed by atoms with E-state index in [1.807, 2.05) is 41.6 Å². The number of carbonyl (C=O) groups is 1. The molecule has 0 bridgehead atoms. The highest BCUT2D eigenvalue weighted by Gasteiger charge is 2.32. The van der Waals surface area contributed by atoms with Crippen molar-refractivity contribution in [2.75, 3.05) is 26.2 Å². The van der Waals surface area contributed by atoms with Crippen LogP contribution in [0.15, 0.2) is 78.2 Å². The monoisotopic (exact) mass is 548 g/mol. The van der Waals surface area contributed by atoms with Crippen LogP contribution < -0.4 is 0 Å². The third-order valence-corrected chi connectivity index (χ3v) is 7.99. The van der Waals surface area contributed by atoms with Crippen LogP contribution in [0.1, 0.15) is 42.4 Å². The lowest BCUT2D eigenvalue weighted by atomic mass is 9.87. The lowest BCUT2D eigenvalue weighted by molar-refractivity contribution is -0.138. The van der Waals surface area contributed by atoms with E-state index >= 15 is 0 Å². The molecule has 2 aliphatic rings. The summed E-state index contributed by atoms with van der Waals surface area (Å²) in [6.07, 6.45) is 7.12. The van der Waals surface area contributed by atoms with Crippen molar-refractivity contribution in [3.8, 4) is 0 Å². The first-order chi connectivity index (χ1) is 19.0. The predicted molar refractivity (Wildman–Crippen MR) is 151 cm³/mol. The minimum Gasteiger partial charge on any atom is -0.391 e. The molecule has 6 nitrogen and oxygen atoms in total. The number of carbonyl (C=O) groups excluding carboxylic acids is 1. The van der Waals surface area contributed by atoms with E-state index in [0.717, 1.165) is 62.2 Å². The Morgan fingerprint density at radius 2 is 1.51 bits per heavy atom. The number of nitrogens with zero attached hydrogens (tertiary/aromatic N) is 4. The van der Waals surface area contributed by atoms with Gasteiger partial charge in [0.05, 0.1) is 5.71 Å². The van der Waals surface area contributed by atoms with E-state index in [1.54, 1.807) is 12.1 Å². The summed E-state index contributed by atoms with van der Waals surface area (Å²) >= 11 is 6.13. The van der Waals surface area contributed by atoms with Crippen molar-refractivity contribution >= 4 is 23.2 Å². The zero-order valence-electron chi connectivity index (χ0n) is 22.0. The normalized spacial score (nSPS) is 17.8. The van der Waals surface area contributed by atoms with Crippen molar-refractivity contribution in [2.45, 2.75) is 38.8 Å². The second kappa shape index (κ2) is 13.2. The Kier molecular flexibility index (Phi) is 9.22. The van der Waals surface area contributed by atoms with Crippen molar-refractivity contribution in [1.29, 1.82) is 0 Å². The zero-order chi connectivity index (χ0) is 27.0. The first-order valence-electron chi connectivity index (χ1n) is 13.7. The Morgan fingerprint density at radius 1 is 0.872 bits per heavy atom. The molecule has 0 aliphatic carbocycles. The zero-order valence-corrected chi connectivity index (χ0v) is 22.8. The Labute approximate surface area is 234 Å². The number of halogens is 2. The molecule has 1 amide bonds. The summed E-state index contributed by atoms with van der Waals surface area (Å²) in [6.45, 7) is 4.47. The third-order valence-electron chi connectivity index (χ3n) is 7.73. The Balaban J connectivity index is 1.16. The molecule has 3 aromatic rings. The van der Waals surface area contributed by atoms with Gasteiger partial charge in [-0.3, -0.25) is 14.7 Å². The lowest BCUT2D eigenvalue weighted by Crippen LogP contribution is -2.46. The fraction of sp³-hybridized carbons (Fsp3) is 0.387. The Hall–Kier alpha value is -3.29. The highest BCUT2D eigenvalue weighted by molar-refractivity contribution is 6.30. The molecular formula is C31H34ClFN4O2. The number of rotatable bonds is 8. The van der Waals surface area contributed by atoms with Gasteiger partial charge < -0.3 is 9.74 Å². The summed E-state index contributed by atoms with van der Waals surface area (Å²) in [7, 11) is 0. The highest BCUT2D eigenvalue weighted by atomic mass is 35.5. The van der Waals surface area contributed by atoms with E-state index in [9.17, 15) is 9.18 Å². The van der Waals surface area contributed by atoms with Gasteiger partial charge in [-0.05, 0) is 91.9 Å². The molecule has 2 saturated heterocycles. The molecule has 2 fully saturated rings. The van der Waals surface area contributed by atoms with Gasteiger partial charge in [0.25, 0.3) is 0 Å². The van der Waals surface area contributed by atoms with Gasteiger partial charge in [-0.25, -0.2) is 4.39 Å². The average Bonchev–Trinajstić information content (AvgIpc) is 2.98. The van der Waals surface area contributed by atoms with Gasteiger partial charge in [-0.15, -0.1) is 0 Å². The first-order valence-corrected chi connectivity index (χ1v) is 14.0. The lowest BCUT2D eigenvalue weighted by Gasteiger charge is -2.37. The molecule has 1 aromatic heterocycles. The second-order valence-electron chi connectivity index (χ2n) is 10.4. The van der Waals surface area contributed by atoms with Gasteiger partial charge in [0, 0.05) is 48.9 Å². The molecule has 2 aromatic carbocycles. The molecule has 0 radical (unpaired) electrons. The maximum Gasteiger partial charge on any atom is 0.225 e. The van der Waals surface area contributed by atoms with Gasteiger partial charge in [0.15, 0.2) is 0 Å². The van der Waals surface area contributed by atoms with Crippen LogP contribution >= 0.6 is 11.6 Å². The van der Waals surface area contributed by atoms with Crippen molar-refractivity contribution in [3.63, 3.8) is 0 Å². The third kappa shape index (κ3) is 7.43. The number of piperidine rings is 2. The van der Waals surface area contributed by atoms with Crippen LogP contribution in [-0.4, -0.2) is 52.6 Å². The Bertz CT molecular complexity index is 1240. The van der Waals surface area contributed by atoms with E-state index in [1.165, 1.54) is 17.7 Å². The topological polar surface area (TPSA) is 58.0 Å². The van der Waals surface area contributed by atoms with Gasteiger partial charge in [-0.2, -0.15) is 0 Å². The smallest absolute Gasteiger partial charge is 0.225 e. The maximum absolute atomic E-state index is 13.4. The molecule has 204 valence electrons. The summed E-state index contributed by atoms with van der Waals surface area (Å²) in [5.41, 5.74) is 3.94. The molecule has 2 aliphatic heterocycles. The van der Waals surface area contributed by atoms with Gasteiger partial charge in [0.1, 0.15) is 12.4 Å². The van der Waals surface area contributed by atoms with Crippen molar-refractivity contribution in [1.82, 2.24) is 14.8 Å². The summed E-state index contributed by atoms with van der Waals surface area (Å²) in [5.74, 6) is 0.278. The van der Waals surface area contributed by atoms with Crippen LogP contribution in [0.25, 0.3) is 0 Å². The number of likely N-dealkylation sites (tertiary alicyclic amines) is 2. The van der Waals surface area contributed by atoms with Gasteiger partial charge in [0.2, 0.25) is 5.91 Å². The minimum absolute atomic E-state index is 0.0960. The molecule has 8 heteroatoms. The first kappa shape index (κ1) is 27.3. The molecule has 0 unspecified atom stereocenters. The number of oxime groups is 1. The SMILES string of the molecule is O=C(C1CCN(Cc2ccncc2)CC1)N1CCC(/C(=N\OCc2ccc(F)cc2)c2ccc(Cl)cc2)CC1. The van der Waals surface area contributed by atoms with E-state index in [-0.39, 0.29) is 30.2 Å². The van der Waals surface area contributed by atoms with Crippen molar-refractivity contribution < 1.29 is 14.0 Å². The molecule has 0 spiro atoms. The number of pyridine rings is 1. The molecule has 0 atom stereocenters. The van der Waals surface area contributed by atoms with Crippen molar-refractivity contribution in [2.24, 2.45) is 17.0 Å². The van der Waals surface area contributed by atoms with Crippen LogP contribution in [0.5, 0.6) is 0 Å².